The van der Waals surface area contributed by atoms with Crippen LogP contribution in [0.1, 0.15) is 15.9 Å². The average molecular weight is 435 g/mol. The SMILES string of the molecule is [B]c1ccc2nc(Oc3ccnc(N)n3)ccc2c1C(=O)Nc1cccc(C(F)(F)F)c1. The lowest BCUT2D eigenvalue weighted by molar-refractivity contribution is -0.137. The van der Waals surface area contributed by atoms with Crippen LogP contribution in [0.25, 0.3) is 10.9 Å². The van der Waals surface area contributed by atoms with Crippen LogP contribution < -0.4 is 21.3 Å². The number of hydrogen-bond donors (Lipinski definition) is 2. The molecule has 0 spiro atoms. The van der Waals surface area contributed by atoms with Crippen LogP contribution in [0.3, 0.4) is 0 Å². The molecule has 4 rings (SSSR count). The van der Waals surface area contributed by atoms with Gasteiger partial charge in [0.05, 0.1) is 11.1 Å². The van der Waals surface area contributed by atoms with E-state index in [1.807, 2.05) is 0 Å². The minimum atomic E-state index is -4.53. The fourth-order valence-corrected chi connectivity index (χ4v) is 3.00. The summed E-state index contributed by atoms with van der Waals surface area (Å²) in [5.74, 6) is -0.275. The standard InChI is InChI=1S/C21H13BF3N5O2/c22-14-5-6-15-13(4-7-16(29-15)32-17-8-9-27-20(26)30-17)18(14)19(31)28-12-3-1-2-11(10-12)21(23,24)25/h1-10H,(H,28,31)(H2,26,27,30). The third-order valence-electron chi connectivity index (χ3n) is 4.41. The number of aromatic nitrogens is 3. The Morgan fingerprint density at radius 3 is 2.56 bits per heavy atom. The number of rotatable bonds is 4. The molecule has 0 aliphatic heterocycles. The van der Waals surface area contributed by atoms with Crippen LogP contribution in [0.15, 0.2) is 60.8 Å². The summed E-state index contributed by atoms with van der Waals surface area (Å²) in [6.45, 7) is 0. The largest absolute Gasteiger partial charge is 0.421 e. The molecule has 2 aromatic carbocycles. The van der Waals surface area contributed by atoms with Crippen molar-refractivity contribution >= 4 is 41.8 Å². The number of fused-ring (bicyclic) bond motifs is 1. The van der Waals surface area contributed by atoms with Crippen molar-refractivity contribution in [3.05, 3.63) is 71.9 Å². The van der Waals surface area contributed by atoms with Crippen LogP contribution in [0, 0.1) is 0 Å². The Morgan fingerprint density at radius 2 is 1.81 bits per heavy atom. The maximum Gasteiger partial charge on any atom is 0.416 e. The van der Waals surface area contributed by atoms with Gasteiger partial charge in [0, 0.05) is 35.0 Å². The molecule has 0 aliphatic rings. The van der Waals surface area contributed by atoms with Crippen LogP contribution in [-0.4, -0.2) is 28.7 Å². The van der Waals surface area contributed by atoms with E-state index < -0.39 is 17.6 Å². The number of nitrogens with one attached hydrogen (secondary N) is 1. The van der Waals surface area contributed by atoms with E-state index in [4.69, 9.17) is 18.3 Å². The zero-order valence-electron chi connectivity index (χ0n) is 16.2. The molecule has 7 nitrogen and oxygen atoms in total. The predicted octanol–water partition coefficient (Wildman–Crippen LogP) is 3.46. The number of carbonyl (C=O) groups is 1. The first-order valence-electron chi connectivity index (χ1n) is 9.15. The molecule has 0 unspecified atom stereocenters. The topological polar surface area (TPSA) is 103 Å². The minimum absolute atomic E-state index is 0.0181. The molecular weight excluding hydrogens is 422 g/mol. The van der Waals surface area contributed by atoms with Crippen molar-refractivity contribution in [2.24, 2.45) is 0 Å². The van der Waals surface area contributed by atoms with Gasteiger partial charge in [-0.3, -0.25) is 4.79 Å². The predicted molar refractivity (Wildman–Crippen MR) is 113 cm³/mol. The molecule has 3 N–H and O–H groups in total. The number of amides is 1. The summed E-state index contributed by atoms with van der Waals surface area (Å²) in [5, 5.41) is 2.85. The van der Waals surface area contributed by atoms with Gasteiger partial charge in [0.25, 0.3) is 5.91 Å². The molecule has 0 saturated heterocycles. The zero-order chi connectivity index (χ0) is 22.9. The third-order valence-corrected chi connectivity index (χ3v) is 4.41. The maximum absolute atomic E-state index is 12.9. The lowest BCUT2D eigenvalue weighted by Crippen LogP contribution is -2.22. The number of benzene rings is 2. The first-order valence-corrected chi connectivity index (χ1v) is 9.15. The number of alkyl halides is 3. The van der Waals surface area contributed by atoms with Gasteiger partial charge in [-0.05, 0) is 30.3 Å². The summed E-state index contributed by atoms with van der Waals surface area (Å²) in [5.41, 5.74) is 5.22. The molecular formula is C21H13BF3N5O2. The highest BCUT2D eigenvalue weighted by atomic mass is 19.4. The fraction of sp³-hybridized carbons (Fsp3) is 0.0476. The van der Waals surface area contributed by atoms with Crippen LogP contribution >= 0.6 is 0 Å². The Labute approximate surface area is 180 Å². The highest BCUT2D eigenvalue weighted by Crippen LogP contribution is 2.31. The summed E-state index contributed by atoms with van der Waals surface area (Å²) in [6.07, 6.45) is -3.11. The molecule has 4 aromatic rings. The lowest BCUT2D eigenvalue weighted by Gasteiger charge is -2.13. The van der Waals surface area contributed by atoms with E-state index in [-0.39, 0.29) is 34.4 Å². The van der Waals surface area contributed by atoms with E-state index >= 15 is 0 Å². The summed E-state index contributed by atoms with van der Waals surface area (Å²) in [6, 6.07) is 12.0. The van der Waals surface area contributed by atoms with Gasteiger partial charge >= 0.3 is 6.18 Å². The average Bonchev–Trinajstić information content (AvgIpc) is 2.73. The molecule has 0 atom stereocenters. The summed E-state index contributed by atoms with van der Waals surface area (Å²) < 4.78 is 44.4. The van der Waals surface area contributed by atoms with Gasteiger partial charge in [-0.2, -0.15) is 18.2 Å². The van der Waals surface area contributed by atoms with Gasteiger partial charge in [-0.25, -0.2) is 9.97 Å². The molecule has 158 valence electrons. The van der Waals surface area contributed by atoms with Crippen LogP contribution in [0.5, 0.6) is 11.8 Å². The Morgan fingerprint density at radius 1 is 1.03 bits per heavy atom. The smallest absolute Gasteiger partial charge is 0.416 e. The summed E-state index contributed by atoms with van der Waals surface area (Å²) in [7, 11) is 5.99. The minimum Gasteiger partial charge on any atom is -0.421 e. The van der Waals surface area contributed by atoms with Gasteiger partial charge in [-0.15, -0.1) is 0 Å². The van der Waals surface area contributed by atoms with Crippen LogP contribution in [0.4, 0.5) is 24.8 Å². The van der Waals surface area contributed by atoms with Gasteiger partial charge in [0.15, 0.2) is 0 Å². The molecule has 2 heterocycles. The summed E-state index contributed by atoms with van der Waals surface area (Å²) in [4.78, 5) is 24.9. The molecule has 0 saturated carbocycles. The van der Waals surface area contributed by atoms with Gasteiger partial charge in [0.2, 0.25) is 17.7 Å². The number of halogens is 3. The van der Waals surface area contributed by atoms with Crippen molar-refractivity contribution in [2.75, 3.05) is 11.1 Å². The highest BCUT2D eigenvalue weighted by molar-refractivity contribution is 6.39. The lowest BCUT2D eigenvalue weighted by atomic mass is 9.87. The van der Waals surface area contributed by atoms with Gasteiger partial charge in [-0.1, -0.05) is 17.6 Å². The molecule has 2 aromatic heterocycles. The van der Waals surface area contributed by atoms with Crippen LogP contribution in [-0.2, 0) is 6.18 Å². The van der Waals surface area contributed by atoms with E-state index in [0.29, 0.717) is 10.9 Å². The Hall–Kier alpha value is -4.15. The number of nitrogen functional groups attached to an aromatic ring is 1. The monoisotopic (exact) mass is 435 g/mol. The van der Waals surface area contributed by atoms with E-state index in [1.54, 1.807) is 12.1 Å². The van der Waals surface area contributed by atoms with Crippen LogP contribution in [0.2, 0.25) is 0 Å². The molecule has 0 fully saturated rings. The second-order valence-corrected chi connectivity index (χ2v) is 6.63. The molecule has 1 amide bonds. The normalized spacial score (nSPS) is 11.3. The van der Waals surface area contributed by atoms with E-state index in [1.165, 1.54) is 36.5 Å². The van der Waals surface area contributed by atoms with Crippen molar-refractivity contribution in [2.45, 2.75) is 6.18 Å². The van der Waals surface area contributed by atoms with Crippen molar-refractivity contribution < 1.29 is 22.7 Å². The summed E-state index contributed by atoms with van der Waals surface area (Å²) >= 11 is 0. The number of carbonyl (C=O) groups excluding carboxylic acids is 1. The maximum atomic E-state index is 12.9. The second-order valence-electron chi connectivity index (χ2n) is 6.63. The first-order chi connectivity index (χ1) is 15.2. The highest BCUT2D eigenvalue weighted by Gasteiger charge is 2.30. The number of hydrogen-bond acceptors (Lipinski definition) is 6. The molecule has 0 aliphatic carbocycles. The van der Waals surface area contributed by atoms with Crippen molar-refractivity contribution in [3.63, 3.8) is 0 Å². The Bertz CT molecular complexity index is 1330. The molecule has 0 bridgehead atoms. The van der Waals surface area contributed by atoms with Crippen molar-refractivity contribution in [1.82, 2.24) is 15.0 Å². The third kappa shape index (κ3) is 4.46. The first kappa shape index (κ1) is 21.1. The number of anilines is 2. The Kier molecular flexibility index (Phi) is 5.39. The number of nitrogens with zero attached hydrogens (tertiary/aromatic N) is 3. The Balaban J connectivity index is 1.65. The molecule has 11 heteroatoms. The zero-order valence-corrected chi connectivity index (χ0v) is 16.2. The van der Waals surface area contributed by atoms with E-state index in [0.717, 1.165) is 12.1 Å². The van der Waals surface area contributed by atoms with E-state index in [2.05, 4.69) is 20.3 Å². The fourth-order valence-electron chi connectivity index (χ4n) is 3.00. The quantitative estimate of drug-likeness (QED) is 0.476. The van der Waals surface area contributed by atoms with E-state index in [9.17, 15) is 18.0 Å². The van der Waals surface area contributed by atoms with Crippen molar-refractivity contribution in [1.29, 1.82) is 0 Å². The van der Waals surface area contributed by atoms with Gasteiger partial charge < -0.3 is 15.8 Å². The number of ether oxygens (including phenoxy) is 1. The molecule has 32 heavy (non-hydrogen) atoms. The number of nitrogens with two attached hydrogens (primary N) is 1. The number of pyridine rings is 1. The molecule has 2 radical (unpaired) electrons. The second kappa shape index (κ2) is 8.18. The van der Waals surface area contributed by atoms with Crippen molar-refractivity contribution in [3.8, 4) is 11.8 Å². The van der Waals surface area contributed by atoms with Gasteiger partial charge in [0.1, 0.15) is 7.85 Å².